The Bertz CT molecular complexity index is 215. The molecule has 0 aromatic heterocycles. The fraction of sp³-hybridized carbons (Fsp3) is 0.857. The van der Waals surface area contributed by atoms with Crippen LogP contribution >= 0.6 is 0 Å². The second-order valence-corrected chi connectivity index (χ2v) is 10.6. The smallest absolute Gasteiger partial charge is 0.184 e. The SMILES string of the molecule is C=CCC(CC(CC)C1CC1)O[Si](C)(C)C. The van der Waals surface area contributed by atoms with Crippen LogP contribution in [0.15, 0.2) is 12.7 Å². The van der Waals surface area contributed by atoms with Crippen LogP contribution in [0.3, 0.4) is 0 Å². The molecule has 2 atom stereocenters. The highest BCUT2D eigenvalue weighted by atomic mass is 28.4. The summed E-state index contributed by atoms with van der Waals surface area (Å²) in [4.78, 5) is 0. The van der Waals surface area contributed by atoms with Crippen LogP contribution in [0.1, 0.15) is 39.0 Å². The van der Waals surface area contributed by atoms with Crippen LogP contribution in [0, 0.1) is 11.8 Å². The molecule has 2 unspecified atom stereocenters. The molecule has 1 saturated carbocycles. The first-order valence-electron chi connectivity index (χ1n) is 6.75. The maximum Gasteiger partial charge on any atom is 0.184 e. The van der Waals surface area contributed by atoms with Crippen LogP contribution in [-0.4, -0.2) is 14.4 Å². The number of hydrogen-bond acceptors (Lipinski definition) is 1. The van der Waals surface area contributed by atoms with Gasteiger partial charge in [0.05, 0.1) is 0 Å². The van der Waals surface area contributed by atoms with Crippen LogP contribution in [-0.2, 0) is 4.43 Å². The molecule has 16 heavy (non-hydrogen) atoms. The molecule has 0 N–H and O–H groups in total. The van der Waals surface area contributed by atoms with Gasteiger partial charge in [-0.3, -0.25) is 0 Å². The summed E-state index contributed by atoms with van der Waals surface area (Å²) in [6.07, 6.45) is 8.93. The van der Waals surface area contributed by atoms with Gasteiger partial charge < -0.3 is 4.43 Å². The highest BCUT2D eigenvalue weighted by Crippen LogP contribution is 2.41. The highest BCUT2D eigenvalue weighted by molar-refractivity contribution is 6.69. The van der Waals surface area contributed by atoms with Gasteiger partial charge in [0.15, 0.2) is 8.32 Å². The van der Waals surface area contributed by atoms with Crippen molar-refractivity contribution in [2.45, 2.75) is 64.8 Å². The van der Waals surface area contributed by atoms with E-state index >= 15 is 0 Å². The normalized spacial score (nSPS) is 20.5. The Morgan fingerprint density at radius 2 is 2.00 bits per heavy atom. The lowest BCUT2D eigenvalue weighted by atomic mass is 9.93. The molecule has 0 bridgehead atoms. The average Bonchev–Trinajstić information content (AvgIpc) is 2.95. The second kappa shape index (κ2) is 6.01. The lowest BCUT2D eigenvalue weighted by molar-refractivity contribution is 0.154. The molecule has 1 rings (SSSR count). The molecule has 0 heterocycles. The Morgan fingerprint density at radius 3 is 2.38 bits per heavy atom. The summed E-state index contributed by atoms with van der Waals surface area (Å²) >= 11 is 0. The van der Waals surface area contributed by atoms with E-state index in [2.05, 4.69) is 33.1 Å². The van der Waals surface area contributed by atoms with Crippen LogP contribution in [0.2, 0.25) is 19.6 Å². The average molecular weight is 240 g/mol. The zero-order valence-corrected chi connectivity index (χ0v) is 12.5. The van der Waals surface area contributed by atoms with Crippen molar-refractivity contribution in [2.24, 2.45) is 11.8 Å². The minimum Gasteiger partial charge on any atom is -0.414 e. The number of hydrogen-bond donors (Lipinski definition) is 0. The maximum atomic E-state index is 6.26. The van der Waals surface area contributed by atoms with Crippen molar-refractivity contribution in [1.29, 1.82) is 0 Å². The monoisotopic (exact) mass is 240 g/mol. The standard InChI is InChI=1S/C14H28OSi/c1-6-8-14(15-16(3,4)5)11-12(7-2)13-9-10-13/h6,12-14H,1,7-11H2,2-5H3. The van der Waals surface area contributed by atoms with Crippen molar-refractivity contribution in [1.82, 2.24) is 0 Å². The minimum absolute atomic E-state index is 0.426. The summed E-state index contributed by atoms with van der Waals surface area (Å²) in [5.74, 6) is 1.89. The van der Waals surface area contributed by atoms with Crippen molar-refractivity contribution in [3.8, 4) is 0 Å². The van der Waals surface area contributed by atoms with Crippen molar-refractivity contribution < 1.29 is 4.43 Å². The quantitative estimate of drug-likeness (QED) is 0.445. The fourth-order valence-electron chi connectivity index (χ4n) is 2.48. The van der Waals surface area contributed by atoms with Crippen molar-refractivity contribution in [3.05, 3.63) is 12.7 Å². The summed E-state index contributed by atoms with van der Waals surface area (Å²) < 4.78 is 6.26. The number of rotatable bonds is 8. The second-order valence-electron chi connectivity index (χ2n) is 6.12. The largest absolute Gasteiger partial charge is 0.414 e. The van der Waals surface area contributed by atoms with Gasteiger partial charge in [-0.25, -0.2) is 0 Å². The summed E-state index contributed by atoms with van der Waals surface area (Å²) in [7, 11) is -1.40. The first kappa shape index (κ1) is 14.0. The predicted molar refractivity (Wildman–Crippen MR) is 74.2 cm³/mol. The Hall–Kier alpha value is -0.0831. The molecule has 94 valence electrons. The summed E-state index contributed by atoms with van der Waals surface area (Å²) in [6.45, 7) is 13.0. The predicted octanol–water partition coefficient (Wildman–Crippen LogP) is 4.61. The zero-order valence-electron chi connectivity index (χ0n) is 11.5. The van der Waals surface area contributed by atoms with Crippen LogP contribution in [0.25, 0.3) is 0 Å². The van der Waals surface area contributed by atoms with E-state index in [0.29, 0.717) is 6.10 Å². The molecule has 2 heteroatoms. The van der Waals surface area contributed by atoms with Crippen LogP contribution in [0.5, 0.6) is 0 Å². The molecule has 0 amide bonds. The first-order valence-corrected chi connectivity index (χ1v) is 10.2. The Labute approximate surface area is 102 Å². The van der Waals surface area contributed by atoms with E-state index in [4.69, 9.17) is 4.43 Å². The maximum absolute atomic E-state index is 6.26. The Balaban J connectivity index is 2.45. The van der Waals surface area contributed by atoms with E-state index in [1.165, 1.54) is 25.7 Å². The summed E-state index contributed by atoms with van der Waals surface area (Å²) in [5, 5.41) is 0. The molecule has 1 aliphatic rings. The molecule has 1 aliphatic carbocycles. The van der Waals surface area contributed by atoms with E-state index in [1.54, 1.807) is 0 Å². The molecule has 0 saturated heterocycles. The zero-order chi connectivity index (χ0) is 12.2. The molecule has 0 aliphatic heterocycles. The molecular weight excluding hydrogens is 212 g/mol. The molecule has 0 radical (unpaired) electrons. The van der Waals surface area contributed by atoms with Gasteiger partial charge in [0, 0.05) is 6.10 Å². The van der Waals surface area contributed by atoms with Crippen molar-refractivity contribution >= 4 is 8.32 Å². The van der Waals surface area contributed by atoms with Gasteiger partial charge >= 0.3 is 0 Å². The highest BCUT2D eigenvalue weighted by Gasteiger charge is 2.32. The van der Waals surface area contributed by atoms with Crippen molar-refractivity contribution in [2.75, 3.05) is 0 Å². The Morgan fingerprint density at radius 1 is 1.38 bits per heavy atom. The van der Waals surface area contributed by atoms with Gasteiger partial charge in [-0.15, -0.1) is 6.58 Å². The first-order chi connectivity index (χ1) is 7.46. The van der Waals surface area contributed by atoms with Crippen LogP contribution in [0.4, 0.5) is 0 Å². The Kier molecular flexibility index (Phi) is 5.26. The third kappa shape index (κ3) is 5.31. The lowest BCUT2D eigenvalue weighted by Crippen LogP contribution is -2.33. The van der Waals surface area contributed by atoms with Gasteiger partial charge in [-0.05, 0) is 57.2 Å². The van der Waals surface area contributed by atoms with Gasteiger partial charge in [0.25, 0.3) is 0 Å². The van der Waals surface area contributed by atoms with E-state index < -0.39 is 8.32 Å². The molecule has 0 aromatic carbocycles. The third-order valence-corrected chi connectivity index (χ3v) is 4.37. The molecule has 1 fully saturated rings. The summed E-state index contributed by atoms with van der Waals surface area (Å²) in [5.41, 5.74) is 0. The van der Waals surface area contributed by atoms with Crippen LogP contribution < -0.4 is 0 Å². The van der Waals surface area contributed by atoms with E-state index in [9.17, 15) is 0 Å². The molecule has 0 spiro atoms. The van der Waals surface area contributed by atoms with Gasteiger partial charge in [0.2, 0.25) is 0 Å². The van der Waals surface area contributed by atoms with E-state index in [0.717, 1.165) is 18.3 Å². The van der Waals surface area contributed by atoms with Crippen molar-refractivity contribution in [3.63, 3.8) is 0 Å². The van der Waals surface area contributed by atoms with Gasteiger partial charge in [0.1, 0.15) is 0 Å². The molecule has 1 nitrogen and oxygen atoms in total. The van der Waals surface area contributed by atoms with Gasteiger partial charge in [-0.2, -0.15) is 0 Å². The topological polar surface area (TPSA) is 9.23 Å². The minimum atomic E-state index is -1.40. The summed E-state index contributed by atoms with van der Waals surface area (Å²) in [6, 6.07) is 0. The fourth-order valence-corrected chi connectivity index (χ4v) is 3.67. The molecular formula is C14H28OSi. The third-order valence-electron chi connectivity index (χ3n) is 3.33. The molecule has 0 aromatic rings. The van der Waals surface area contributed by atoms with E-state index in [1.807, 2.05) is 6.08 Å². The van der Waals surface area contributed by atoms with Gasteiger partial charge in [-0.1, -0.05) is 19.4 Å². The lowest BCUT2D eigenvalue weighted by Gasteiger charge is -2.28. The van der Waals surface area contributed by atoms with E-state index in [-0.39, 0.29) is 0 Å².